The van der Waals surface area contributed by atoms with E-state index in [1.807, 2.05) is 35.2 Å². The first-order valence-electron chi connectivity index (χ1n) is 6.91. The number of fused-ring (bicyclic) bond motifs is 3. The molecule has 7 heteroatoms. The Bertz CT molecular complexity index is 764. The predicted octanol–water partition coefficient (Wildman–Crippen LogP) is 2.12. The molecule has 4 rings (SSSR count). The van der Waals surface area contributed by atoms with Crippen LogP contribution in [0.1, 0.15) is 10.5 Å². The number of guanidine groups is 1. The summed E-state index contributed by atoms with van der Waals surface area (Å²) in [6.45, 7) is 0.658. The molecule has 0 fully saturated rings. The van der Waals surface area contributed by atoms with Crippen LogP contribution in [0.4, 0.5) is 11.5 Å². The lowest BCUT2D eigenvalue weighted by atomic mass is 10.2. The minimum Gasteiger partial charge on any atom is -0.288 e. The van der Waals surface area contributed by atoms with E-state index >= 15 is 0 Å². The quantitative estimate of drug-likeness (QED) is 0.568. The fraction of sp³-hybridized carbons (Fsp3) is 0.200. The van der Waals surface area contributed by atoms with Crippen molar-refractivity contribution in [3.05, 3.63) is 48.4 Å². The molecule has 2 aromatic rings. The van der Waals surface area contributed by atoms with E-state index in [0.29, 0.717) is 24.0 Å². The molecule has 22 heavy (non-hydrogen) atoms. The minimum absolute atomic E-state index is 0.182. The lowest BCUT2D eigenvalue weighted by Crippen LogP contribution is -2.54. The van der Waals surface area contributed by atoms with E-state index in [9.17, 15) is 4.79 Å². The van der Waals surface area contributed by atoms with E-state index in [1.165, 1.54) is 0 Å². The van der Waals surface area contributed by atoms with Gasteiger partial charge in [-0.1, -0.05) is 40.8 Å². The topological polar surface area (TPSA) is 61.7 Å². The largest absolute Gasteiger partial charge is 0.288 e. The van der Waals surface area contributed by atoms with Crippen molar-refractivity contribution in [3.63, 3.8) is 0 Å². The van der Waals surface area contributed by atoms with Gasteiger partial charge in [-0.05, 0) is 12.1 Å². The highest BCUT2D eigenvalue weighted by Gasteiger charge is 2.43. The maximum atomic E-state index is 12.9. The zero-order chi connectivity index (χ0) is 15.1. The number of benzene rings is 1. The van der Waals surface area contributed by atoms with Crippen molar-refractivity contribution in [2.24, 2.45) is 4.99 Å². The molecule has 0 spiro atoms. The summed E-state index contributed by atoms with van der Waals surface area (Å²) in [5.41, 5.74) is 1.17. The lowest BCUT2D eigenvalue weighted by Gasteiger charge is -2.36. The second-order valence-corrected chi connectivity index (χ2v) is 5.90. The number of carbonyl (C=O) groups excluding carboxylic acids is 1. The van der Waals surface area contributed by atoms with Crippen LogP contribution in [0.3, 0.4) is 0 Å². The zero-order valence-corrected chi connectivity index (χ0v) is 13.7. The van der Waals surface area contributed by atoms with Crippen molar-refractivity contribution >= 4 is 46.0 Å². The highest BCUT2D eigenvalue weighted by molar-refractivity contribution is 14.1. The normalized spacial score (nSPS) is 19.8. The van der Waals surface area contributed by atoms with Crippen LogP contribution in [0.15, 0.2) is 47.7 Å². The molecule has 0 bridgehead atoms. The van der Waals surface area contributed by atoms with Gasteiger partial charge in [0.1, 0.15) is 0 Å². The van der Waals surface area contributed by atoms with Gasteiger partial charge in [-0.15, -0.1) is 0 Å². The fourth-order valence-electron chi connectivity index (χ4n) is 2.74. The van der Waals surface area contributed by atoms with E-state index in [2.05, 4.69) is 37.6 Å². The minimum atomic E-state index is -0.182. The SMILES string of the molecule is O=C1c2nccnc2N2C(=NCC2CI)N1c1ccccc1. The van der Waals surface area contributed by atoms with Gasteiger partial charge in [0, 0.05) is 16.8 Å². The molecular formula is C15H12IN5O. The summed E-state index contributed by atoms with van der Waals surface area (Å²) >= 11 is 2.34. The molecule has 3 heterocycles. The van der Waals surface area contributed by atoms with Crippen LogP contribution in [0.25, 0.3) is 0 Å². The number of hydrogen-bond donors (Lipinski definition) is 0. The third-order valence-electron chi connectivity index (χ3n) is 3.73. The van der Waals surface area contributed by atoms with Gasteiger partial charge in [-0.2, -0.15) is 0 Å². The van der Waals surface area contributed by atoms with Crippen LogP contribution in [0, 0.1) is 0 Å². The fourth-order valence-corrected chi connectivity index (χ4v) is 3.41. The van der Waals surface area contributed by atoms with Gasteiger partial charge in [-0.25, -0.2) is 19.9 Å². The van der Waals surface area contributed by atoms with Crippen LogP contribution >= 0.6 is 22.6 Å². The molecular weight excluding hydrogens is 393 g/mol. The molecule has 1 amide bonds. The van der Waals surface area contributed by atoms with Crippen LogP contribution < -0.4 is 9.80 Å². The Hall–Kier alpha value is -2.03. The lowest BCUT2D eigenvalue weighted by molar-refractivity contribution is 0.0995. The summed E-state index contributed by atoms with van der Waals surface area (Å²) in [5, 5.41) is 0. The molecule has 0 saturated carbocycles. The average Bonchev–Trinajstić information content (AvgIpc) is 3.00. The Morgan fingerprint density at radius 2 is 1.95 bits per heavy atom. The number of halogens is 1. The molecule has 2 aliphatic rings. The highest BCUT2D eigenvalue weighted by Crippen LogP contribution is 2.33. The Morgan fingerprint density at radius 3 is 2.73 bits per heavy atom. The number of aliphatic imine (C=N–C) groups is 1. The monoisotopic (exact) mass is 405 g/mol. The van der Waals surface area contributed by atoms with Crippen molar-refractivity contribution in [3.8, 4) is 0 Å². The van der Waals surface area contributed by atoms with E-state index in [0.717, 1.165) is 10.1 Å². The Morgan fingerprint density at radius 1 is 1.18 bits per heavy atom. The summed E-state index contributed by atoms with van der Waals surface area (Å²) in [6.07, 6.45) is 3.17. The number of nitrogens with zero attached hydrogens (tertiary/aromatic N) is 5. The number of rotatable bonds is 2. The van der Waals surface area contributed by atoms with Gasteiger partial charge in [0.25, 0.3) is 5.91 Å². The summed E-state index contributed by atoms with van der Waals surface area (Å²) < 4.78 is 0.900. The number of carbonyl (C=O) groups is 1. The predicted molar refractivity (Wildman–Crippen MR) is 92.7 cm³/mol. The van der Waals surface area contributed by atoms with Crippen LogP contribution in [-0.2, 0) is 0 Å². The van der Waals surface area contributed by atoms with Crippen LogP contribution in [0.2, 0.25) is 0 Å². The molecule has 0 aliphatic carbocycles. The molecule has 1 aromatic heterocycles. The maximum Gasteiger partial charge on any atom is 0.287 e. The first-order valence-corrected chi connectivity index (χ1v) is 8.44. The highest BCUT2D eigenvalue weighted by atomic mass is 127. The first kappa shape index (κ1) is 13.6. The number of amides is 1. The Kier molecular flexibility index (Phi) is 3.29. The van der Waals surface area contributed by atoms with Gasteiger partial charge < -0.3 is 0 Å². The molecule has 0 radical (unpaired) electrons. The summed E-state index contributed by atoms with van der Waals surface area (Å²) in [4.78, 5) is 29.7. The van der Waals surface area contributed by atoms with Gasteiger partial charge in [0.05, 0.1) is 18.3 Å². The van der Waals surface area contributed by atoms with E-state index in [-0.39, 0.29) is 11.9 Å². The molecule has 1 atom stereocenters. The van der Waals surface area contributed by atoms with E-state index in [1.54, 1.807) is 17.3 Å². The smallest absolute Gasteiger partial charge is 0.287 e. The van der Waals surface area contributed by atoms with Gasteiger partial charge in [0.2, 0.25) is 5.96 Å². The zero-order valence-electron chi connectivity index (χ0n) is 11.6. The second-order valence-electron chi connectivity index (χ2n) is 5.02. The van der Waals surface area contributed by atoms with Crippen molar-refractivity contribution in [2.75, 3.05) is 20.8 Å². The molecule has 1 aromatic carbocycles. The third-order valence-corrected chi connectivity index (χ3v) is 4.75. The van der Waals surface area contributed by atoms with Crippen molar-refractivity contribution in [2.45, 2.75) is 6.04 Å². The molecule has 2 aliphatic heterocycles. The first-order chi connectivity index (χ1) is 10.8. The molecule has 0 N–H and O–H groups in total. The second kappa shape index (κ2) is 5.31. The Labute approximate surface area is 141 Å². The number of anilines is 2. The Balaban J connectivity index is 1.91. The number of para-hydroxylation sites is 1. The molecule has 0 saturated heterocycles. The van der Waals surface area contributed by atoms with Crippen molar-refractivity contribution in [1.82, 2.24) is 9.97 Å². The maximum absolute atomic E-state index is 12.9. The van der Waals surface area contributed by atoms with Crippen molar-refractivity contribution in [1.29, 1.82) is 0 Å². The molecule has 1 unspecified atom stereocenters. The summed E-state index contributed by atoms with van der Waals surface area (Å²) in [5.74, 6) is 1.07. The van der Waals surface area contributed by atoms with Gasteiger partial charge >= 0.3 is 0 Å². The van der Waals surface area contributed by atoms with Crippen molar-refractivity contribution < 1.29 is 4.79 Å². The van der Waals surface area contributed by atoms with Crippen LogP contribution in [-0.4, -0.2) is 38.8 Å². The summed E-state index contributed by atoms with van der Waals surface area (Å²) in [6, 6.07) is 9.74. The third kappa shape index (κ3) is 1.92. The number of alkyl halides is 1. The summed E-state index contributed by atoms with van der Waals surface area (Å²) in [7, 11) is 0. The molecule has 110 valence electrons. The van der Waals surface area contributed by atoms with E-state index in [4.69, 9.17) is 0 Å². The average molecular weight is 405 g/mol. The van der Waals surface area contributed by atoms with Crippen LogP contribution in [0.5, 0.6) is 0 Å². The van der Waals surface area contributed by atoms with E-state index < -0.39 is 0 Å². The van der Waals surface area contributed by atoms with Gasteiger partial charge in [0.15, 0.2) is 11.5 Å². The molecule has 6 nitrogen and oxygen atoms in total. The van der Waals surface area contributed by atoms with Gasteiger partial charge in [-0.3, -0.25) is 9.69 Å². The number of aromatic nitrogens is 2. The number of hydrogen-bond acceptors (Lipinski definition) is 5. The standard InChI is InChI=1S/C15H12IN5O/c16-8-11-9-19-15-20(11)13-12(17-6-7-18-13)14(22)21(15)10-4-2-1-3-5-10/h1-7,11H,8-9H2.